The molecule has 4 N–H and O–H groups in total. The zero-order chi connectivity index (χ0) is 19.8. The SMILES string of the molecule is CCCC(CC(F)(F)F)(CC(F)(F)F)NC(C)CC.O=P(O)(O)O. The van der Waals surface area contributed by atoms with Crippen LogP contribution in [0.4, 0.5) is 26.3 Å². The normalized spacial score (nSPS) is 14.8. The molecular weight excluding hydrogens is 367 g/mol. The van der Waals surface area contributed by atoms with Gasteiger partial charge >= 0.3 is 20.2 Å². The lowest BCUT2D eigenvalue weighted by atomic mass is 9.84. The summed E-state index contributed by atoms with van der Waals surface area (Å²) in [5.41, 5.74) is -1.96. The Morgan fingerprint density at radius 3 is 1.50 bits per heavy atom. The number of phosphoric acid groups is 1. The number of nitrogens with one attached hydrogen (secondary N) is 1. The standard InChI is InChI=1S/C12H21F6N.H3O4P/c1-4-6-10(7-11(13,14)15,8-12(16,17)18)19-9(3)5-2;1-5(2,3)4/h9,19H,4-8H2,1-3H3;(H3,1,2,3,4). The Hall–Kier alpha value is -0.350. The lowest BCUT2D eigenvalue weighted by Gasteiger charge is -2.38. The Labute approximate surface area is 136 Å². The first kappa shape index (κ1) is 25.9. The zero-order valence-corrected chi connectivity index (χ0v) is 14.5. The van der Waals surface area contributed by atoms with Gasteiger partial charge in [-0.15, -0.1) is 0 Å². The Morgan fingerprint density at radius 2 is 1.29 bits per heavy atom. The van der Waals surface area contributed by atoms with Gasteiger partial charge < -0.3 is 20.0 Å². The third-order valence-electron chi connectivity index (χ3n) is 2.97. The van der Waals surface area contributed by atoms with E-state index >= 15 is 0 Å². The molecule has 0 aromatic heterocycles. The van der Waals surface area contributed by atoms with Crippen molar-refractivity contribution in [1.82, 2.24) is 5.32 Å². The molecule has 0 aromatic carbocycles. The van der Waals surface area contributed by atoms with Crippen LogP contribution in [0, 0.1) is 0 Å². The first-order valence-corrected chi connectivity index (χ1v) is 8.69. The third kappa shape index (κ3) is 18.0. The maximum atomic E-state index is 12.6. The largest absolute Gasteiger partial charge is 0.466 e. The van der Waals surface area contributed by atoms with Crippen LogP contribution < -0.4 is 5.32 Å². The first-order chi connectivity index (χ1) is 10.4. The summed E-state index contributed by atoms with van der Waals surface area (Å²) in [7, 11) is -4.64. The Bertz CT molecular complexity index is 372. The average Bonchev–Trinajstić information content (AvgIpc) is 2.21. The third-order valence-corrected chi connectivity index (χ3v) is 2.97. The summed E-state index contributed by atoms with van der Waals surface area (Å²) in [6.07, 6.45) is -11.6. The van der Waals surface area contributed by atoms with Crippen molar-refractivity contribution in [3.05, 3.63) is 0 Å². The first-order valence-electron chi connectivity index (χ1n) is 7.12. The van der Waals surface area contributed by atoms with Crippen molar-refractivity contribution < 1.29 is 45.6 Å². The molecule has 0 heterocycles. The molecule has 0 rings (SSSR count). The van der Waals surface area contributed by atoms with Crippen molar-refractivity contribution in [2.24, 2.45) is 0 Å². The number of halogens is 6. The molecule has 0 aliphatic carbocycles. The highest BCUT2D eigenvalue weighted by atomic mass is 31.2. The summed E-state index contributed by atoms with van der Waals surface area (Å²) < 4.78 is 84.5. The number of hydrogen-bond donors (Lipinski definition) is 4. The smallest absolute Gasteiger partial charge is 0.308 e. The summed E-state index contributed by atoms with van der Waals surface area (Å²) in [6, 6.07) is -0.392. The molecular formula is C12H24F6NO4P. The molecule has 0 radical (unpaired) electrons. The van der Waals surface area contributed by atoms with Gasteiger partial charge in [0.25, 0.3) is 0 Å². The maximum Gasteiger partial charge on any atom is 0.466 e. The van der Waals surface area contributed by atoms with Crippen molar-refractivity contribution in [1.29, 1.82) is 0 Å². The summed E-state index contributed by atoms with van der Waals surface area (Å²) in [5.74, 6) is 0. The second kappa shape index (κ2) is 9.96. The van der Waals surface area contributed by atoms with E-state index in [4.69, 9.17) is 19.2 Å². The molecule has 1 atom stereocenters. The average molecular weight is 391 g/mol. The molecule has 0 saturated heterocycles. The predicted molar refractivity (Wildman–Crippen MR) is 76.1 cm³/mol. The van der Waals surface area contributed by atoms with Gasteiger partial charge in [0.15, 0.2) is 0 Å². The Morgan fingerprint density at radius 1 is 0.958 bits per heavy atom. The van der Waals surface area contributed by atoms with Crippen LogP contribution in [0.2, 0.25) is 0 Å². The highest BCUT2D eigenvalue weighted by molar-refractivity contribution is 7.45. The van der Waals surface area contributed by atoms with Crippen molar-refractivity contribution in [3.63, 3.8) is 0 Å². The highest BCUT2D eigenvalue weighted by Crippen LogP contribution is 2.39. The van der Waals surface area contributed by atoms with Gasteiger partial charge in [-0.05, 0) is 19.8 Å². The topological polar surface area (TPSA) is 89.8 Å². The molecule has 1 unspecified atom stereocenters. The van der Waals surface area contributed by atoms with E-state index in [9.17, 15) is 26.3 Å². The van der Waals surface area contributed by atoms with E-state index in [2.05, 4.69) is 5.32 Å². The minimum absolute atomic E-state index is 0.156. The fourth-order valence-electron chi connectivity index (χ4n) is 2.28. The molecule has 0 amide bonds. The van der Waals surface area contributed by atoms with Gasteiger partial charge in [0.05, 0.1) is 12.8 Å². The van der Waals surface area contributed by atoms with Crippen molar-refractivity contribution in [2.45, 2.75) is 76.8 Å². The van der Waals surface area contributed by atoms with Crippen molar-refractivity contribution in [2.75, 3.05) is 0 Å². The van der Waals surface area contributed by atoms with Crippen LogP contribution in [0.5, 0.6) is 0 Å². The number of alkyl halides is 6. The van der Waals surface area contributed by atoms with Crippen molar-refractivity contribution in [3.8, 4) is 0 Å². The van der Waals surface area contributed by atoms with Crippen molar-refractivity contribution >= 4 is 7.82 Å². The molecule has 12 heteroatoms. The van der Waals surface area contributed by atoms with E-state index in [0.29, 0.717) is 6.42 Å². The van der Waals surface area contributed by atoms with Crippen LogP contribution in [0.1, 0.15) is 52.9 Å². The fraction of sp³-hybridized carbons (Fsp3) is 1.00. The van der Waals surface area contributed by atoms with Gasteiger partial charge in [0.1, 0.15) is 0 Å². The molecule has 148 valence electrons. The monoisotopic (exact) mass is 391 g/mol. The summed E-state index contributed by atoms with van der Waals surface area (Å²) in [4.78, 5) is 21.6. The van der Waals surface area contributed by atoms with E-state index in [1.165, 1.54) is 0 Å². The number of hydrogen-bond acceptors (Lipinski definition) is 2. The van der Waals surface area contributed by atoms with Crippen LogP contribution >= 0.6 is 7.82 Å². The van der Waals surface area contributed by atoms with Gasteiger partial charge in [-0.3, -0.25) is 0 Å². The second-order valence-corrected chi connectivity index (χ2v) is 6.61. The van der Waals surface area contributed by atoms with E-state index in [1.54, 1.807) is 20.8 Å². The van der Waals surface area contributed by atoms with E-state index in [0.717, 1.165) is 0 Å². The van der Waals surface area contributed by atoms with Gasteiger partial charge in [-0.2, -0.15) is 26.3 Å². The molecule has 5 nitrogen and oxygen atoms in total. The van der Waals surface area contributed by atoms with Gasteiger partial charge in [-0.1, -0.05) is 20.3 Å². The van der Waals surface area contributed by atoms with E-state index in [1.807, 2.05) is 0 Å². The van der Waals surface area contributed by atoms with Crippen LogP contribution in [0.25, 0.3) is 0 Å². The molecule has 24 heavy (non-hydrogen) atoms. The maximum absolute atomic E-state index is 12.6. The fourth-order valence-corrected chi connectivity index (χ4v) is 2.28. The lowest BCUT2D eigenvalue weighted by Crippen LogP contribution is -2.54. The van der Waals surface area contributed by atoms with Crippen LogP contribution in [0.3, 0.4) is 0 Å². The van der Waals surface area contributed by atoms with Gasteiger partial charge in [0.2, 0.25) is 0 Å². The van der Waals surface area contributed by atoms with E-state index in [-0.39, 0.29) is 12.8 Å². The molecule has 0 bridgehead atoms. The molecule has 0 aromatic rings. The minimum Gasteiger partial charge on any atom is -0.308 e. The highest BCUT2D eigenvalue weighted by Gasteiger charge is 2.48. The predicted octanol–water partition coefficient (Wildman–Crippen LogP) is 3.89. The zero-order valence-electron chi connectivity index (χ0n) is 13.6. The van der Waals surface area contributed by atoms with Gasteiger partial charge in [0, 0.05) is 11.6 Å². The molecule has 0 aliphatic rings. The van der Waals surface area contributed by atoms with Crippen LogP contribution in [0.15, 0.2) is 0 Å². The summed E-state index contributed by atoms with van der Waals surface area (Å²) in [5, 5.41) is 2.55. The van der Waals surface area contributed by atoms with Gasteiger partial charge in [-0.25, -0.2) is 4.57 Å². The molecule has 0 aliphatic heterocycles. The quantitative estimate of drug-likeness (QED) is 0.391. The molecule has 0 saturated carbocycles. The van der Waals surface area contributed by atoms with E-state index < -0.39 is 44.6 Å². The number of rotatable bonds is 7. The minimum atomic E-state index is -4.64. The van der Waals surface area contributed by atoms with Crippen LogP contribution in [-0.4, -0.2) is 38.6 Å². The molecule has 0 spiro atoms. The molecule has 0 fully saturated rings. The summed E-state index contributed by atoms with van der Waals surface area (Å²) in [6.45, 7) is 4.90. The second-order valence-electron chi connectivity index (χ2n) is 5.58. The summed E-state index contributed by atoms with van der Waals surface area (Å²) >= 11 is 0. The lowest BCUT2D eigenvalue weighted by molar-refractivity contribution is -0.184. The Kier molecular flexibility index (Phi) is 10.7. The Balaban J connectivity index is 0. The van der Waals surface area contributed by atoms with Crippen LogP contribution in [-0.2, 0) is 4.57 Å².